The molecule has 1 atom stereocenters. The maximum Gasteiger partial charge on any atom is 0.318 e. The lowest BCUT2D eigenvalue weighted by Crippen LogP contribution is -2.45. The number of nitrogens with one attached hydrogen (secondary N) is 1. The number of amides is 2. The molecule has 0 saturated heterocycles. The average molecular weight is 451 g/mol. The Kier molecular flexibility index (Phi) is 8.60. The molecule has 3 rings (SSSR count). The van der Waals surface area contributed by atoms with Gasteiger partial charge in [-0.15, -0.1) is 0 Å². The lowest BCUT2D eigenvalue weighted by molar-refractivity contribution is 0.152. The molecule has 2 amide bonds. The zero-order chi connectivity index (χ0) is 23.8. The second-order valence-corrected chi connectivity index (χ2v) is 8.55. The Labute approximate surface area is 195 Å². The van der Waals surface area contributed by atoms with Gasteiger partial charge in [0.1, 0.15) is 5.82 Å². The third-order valence-corrected chi connectivity index (χ3v) is 5.58. The number of fused-ring (bicyclic) bond motifs is 1. The van der Waals surface area contributed by atoms with Crippen LogP contribution in [0, 0.1) is 5.92 Å². The van der Waals surface area contributed by atoms with Gasteiger partial charge in [0.15, 0.2) is 0 Å². The van der Waals surface area contributed by atoms with Crippen molar-refractivity contribution in [1.29, 1.82) is 0 Å². The molecule has 7 heteroatoms. The molecule has 0 spiro atoms. The summed E-state index contributed by atoms with van der Waals surface area (Å²) in [6, 6.07) is 16.7. The number of carbonyl (C=O) groups excluding carboxylic acids is 1. The fraction of sp³-hybridized carbons (Fsp3) is 0.423. The molecule has 3 aromatic rings. The van der Waals surface area contributed by atoms with Gasteiger partial charge in [-0.2, -0.15) is 0 Å². The standard InChI is InChI=1S/C26H34N4O3/c1-5-23(30(18-19(2)3)26(32)27-17-20-11-7-6-8-12-20)24-28-22-14-10-9-13-21(22)25(31)29(24)15-16-33-4/h6-14,19,23H,5,15-18H2,1-4H3,(H,27,32). The zero-order valence-corrected chi connectivity index (χ0v) is 20.0. The summed E-state index contributed by atoms with van der Waals surface area (Å²) in [5.41, 5.74) is 1.56. The van der Waals surface area contributed by atoms with Gasteiger partial charge in [-0.25, -0.2) is 9.78 Å². The summed E-state index contributed by atoms with van der Waals surface area (Å²) >= 11 is 0. The third-order valence-electron chi connectivity index (χ3n) is 5.58. The van der Waals surface area contributed by atoms with Crippen molar-refractivity contribution in [2.45, 2.75) is 46.3 Å². The highest BCUT2D eigenvalue weighted by atomic mass is 16.5. The van der Waals surface area contributed by atoms with Gasteiger partial charge in [-0.05, 0) is 30.0 Å². The normalized spacial score (nSPS) is 12.2. The van der Waals surface area contributed by atoms with E-state index in [0.29, 0.717) is 49.4 Å². The van der Waals surface area contributed by atoms with E-state index in [9.17, 15) is 9.59 Å². The van der Waals surface area contributed by atoms with Gasteiger partial charge in [0.25, 0.3) is 5.56 Å². The molecule has 0 aliphatic rings. The minimum Gasteiger partial charge on any atom is -0.383 e. The summed E-state index contributed by atoms with van der Waals surface area (Å²) in [6.45, 7) is 7.92. The highest BCUT2D eigenvalue weighted by molar-refractivity contribution is 5.78. The molecule has 176 valence electrons. The van der Waals surface area contributed by atoms with Crippen LogP contribution in [0.5, 0.6) is 0 Å². The van der Waals surface area contributed by atoms with Crippen LogP contribution in [0.15, 0.2) is 59.4 Å². The SMILES string of the molecule is CCC(c1nc2ccccc2c(=O)n1CCOC)N(CC(C)C)C(=O)NCc1ccccc1. The van der Waals surface area contributed by atoms with Crippen molar-refractivity contribution in [2.75, 3.05) is 20.3 Å². The summed E-state index contributed by atoms with van der Waals surface area (Å²) in [5, 5.41) is 3.62. The van der Waals surface area contributed by atoms with Gasteiger partial charge < -0.3 is 15.0 Å². The number of urea groups is 1. The second kappa shape index (κ2) is 11.6. The lowest BCUT2D eigenvalue weighted by atomic mass is 10.1. The Morgan fingerprint density at radius 1 is 1.12 bits per heavy atom. The van der Waals surface area contributed by atoms with Gasteiger partial charge in [0.05, 0.1) is 30.1 Å². The molecule has 33 heavy (non-hydrogen) atoms. The first kappa shape index (κ1) is 24.5. The maximum atomic E-state index is 13.4. The van der Waals surface area contributed by atoms with E-state index in [0.717, 1.165) is 5.56 Å². The van der Waals surface area contributed by atoms with E-state index in [4.69, 9.17) is 9.72 Å². The molecule has 7 nitrogen and oxygen atoms in total. The summed E-state index contributed by atoms with van der Waals surface area (Å²) < 4.78 is 6.93. The highest BCUT2D eigenvalue weighted by Crippen LogP contribution is 2.25. The van der Waals surface area contributed by atoms with Crippen LogP contribution in [0.1, 0.15) is 44.6 Å². The van der Waals surface area contributed by atoms with E-state index in [-0.39, 0.29) is 23.6 Å². The molecule has 0 aliphatic carbocycles. The molecule has 1 unspecified atom stereocenters. The third kappa shape index (κ3) is 5.99. The molecule has 0 aliphatic heterocycles. The van der Waals surface area contributed by atoms with E-state index < -0.39 is 0 Å². The number of rotatable bonds is 10. The number of methoxy groups -OCH3 is 1. The number of hydrogen-bond donors (Lipinski definition) is 1. The van der Waals surface area contributed by atoms with Crippen LogP contribution < -0.4 is 10.9 Å². The van der Waals surface area contributed by atoms with Crippen LogP contribution in [0.3, 0.4) is 0 Å². The second-order valence-electron chi connectivity index (χ2n) is 8.55. The van der Waals surface area contributed by atoms with Crippen molar-refractivity contribution in [3.8, 4) is 0 Å². The summed E-state index contributed by atoms with van der Waals surface area (Å²) in [7, 11) is 1.61. The van der Waals surface area contributed by atoms with Crippen molar-refractivity contribution >= 4 is 16.9 Å². The first-order valence-corrected chi connectivity index (χ1v) is 11.5. The van der Waals surface area contributed by atoms with Crippen LogP contribution in [0.25, 0.3) is 10.9 Å². The Hall–Kier alpha value is -3.19. The number of aromatic nitrogens is 2. The molecule has 1 N–H and O–H groups in total. The quantitative estimate of drug-likeness (QED) is 0.498. The molecular weight excluding hydrogens is 416 g/mol. The number of para-hydroxylation sites is 1. The van der Waals surface area contributed by atoms with Gasteiger partial charge in [0.2, 0.25) is 0 Å². The molecule has 0 radical (unpaired) electrons. The molecule has 1 heterocycles. The topological polar surface area (TPSA) is 76.5 Å². The Morgan fingerprint density at radius 2 is 1.82 bits per heavy atom. The van der Waals surface area contributed by atoms with Crippen LogP contribution in [0.2, 0.25) is 0 Å². The van der Waals surface area contributed by atoms with Crippen molar-refractivity contribution in [1.82, 2.24) is 19.8 Å². The lowest BCUT2D eigenvalue weighted by Gasteiger charge is -2.33. The van der Waals surface area contributed by atoms with Gasteiger partial charge in [-0.3, -0.25) is 9.36 Å². The van der Waals surface area contributed by atoms with Crippen molar-refractivity contribution < 1.29 is 9.53 Å². The van der Waals surface area contributed by atoms with Crippen LogP contribution in [0.4, 0.5) is 4.79 Å². The number of ether oxygens (including phenoxy) is 1. The largest absolute Gasteiger partial charge is 0.383 e. The van der Waals surface area contributed by atoms with E-state index in [1.807, 2.05) is 60.4 Å². The first-order valence-electron chi connectivity index (χ1n) is 11.5. The monoisotopic (exact) mass is 450 g/mol. The van der Waals surface area contributed by atoms with Crippen molar-refractivity contribution in [3.63, 3.8) is 0 Å². The Morgan fingerprint density at radius 3 is 2.48 bits per heavy atom. The van der Waals surface area contributed by atoms with E-state index in [1.54, 1.807) is 17.7 Å². The predicted octanol–water partition coefficient (Wildman–Crippen LogP) is 4.36. The number of benzene rings is 2. The molecule has 0 saturated carbocycles. The average Bonchev–Trinajstić information content (AvgIpc) is 2.82. The van der Waals surface area contributed by atoms with Crippen molar-refractivity contribution in [3.05, 3.63) is 76.3 Å². The van der Waals surface area contributed by atoms with Gasteiger partial charge in [-0.1, -0.05) is 63.2 Å². The smallest absolute Gasteiger partial charge is 0.318 e. The van der Waals surface area contributed by atoms with Crippen LogP contribution in [-0.2, 0) is 17.8 Å². The van der Waals surface area contributed by atoms with E-state index in [2.05, 4.69) is 19.2 Å². The molecule has 0 fully saturated rings. The number of nitrogens with zero attached hydrogens (tertiary/aromatic N) is 3. The van der Waals surface area contributed by atoms with E-state index in [1.165, 1.54) is 0 Å². The molecule has 1 aromatic heterocycles. The fourth-order valence-electron chi connectivity index (χ4n) is 4.00. The van der Waals surface area contributed by atoms with Gasteiger partial charge in [0, 0.05) is 20.2 Å². The summed E-state index contributed by atoms with van der Waals surface area (Å²) in [6.07, 6.45) is 0.628. The minimum atomic E-state index is -0.350. The van der Waals surface area contributed by atoms with Crippen LogP contribution >= 0.6 is 0 Å². The summed E-state index contributed by atoms with van der Waals surface area (Å²) in [5.74, 6) is 0.842. The van der Waals surface area contributed by atoms with Crippen LogP contribution in [-0.4, -0.2) is 40.7 Å². The van der Waals surface area contributed by atoms with Gasteiger partial charge >= 0.3 is 6.03 Å². The number of hydrogen-bond acceptors (Lipinski definition) is 4. The number of carbonyl (C=O) groups is 1. The predicted molar refractivity (Wildman–Crippen MR) is 131 cm³/mol. The summed E-state index contributed by atoms with van der Waals surface area (Å²) in [4.78, 5) is 33.4. The van der Waals surface area contributed by atoms with Crippen molar-refractivity contribution in [2.24, 2.45) is 5.92 Å². The highest BCUT2D eigenvalue weighted by Gasteiger charge is 2.29. The Balaban J connectivity index is 2.01. The molecule has 0 bridgehead atoms. The Bertz CT molecular complexity index is 1110. The maximum absolute atomic E-state index is 13.4. The fourth-order valence-corrected chi connectivity index (χ4v) is 4.00. The molecular formula is C26H34N4O3. The molecule has 2 aromatic carbocycles. The minimum absolute atomic E-state index is 0.111. The van der Waals surface area contributed by atoms with E-state index >= 15 is 0 Å². The zero-order valence-electron chi connectivity index (χ0n) is 20.0. The first-order chi connectivity index (χ1) is 16.0.